The first-order valence-electron chi connectivity index (χ1n) is 4.60. The maximum Gasteiger partial charge on any atom is 0.139 e. The summed E-state index contributed by atoms with van der Waals surface area (Å²) in [6.07, 6.45) is 2.88. The molecule has 1 fully saturated rings. The summed E-state index contributed by atoms with van der Waals surface area (Å²) in [7, 11) is 0. The van der Waals surface area contributed by atoms with Crippen molar-refractivity contribution in [2.24, 2.45) is 10.9 Å². The molecule has 1 heterocycles. The highest BCUT2D eigenvalue weighted by Crippen LogP contribution is 2.16. The fourth-order valence-corrected chi connectivity index (χ4v) is 2.51. The third-order valence-corrected chi connectivity index (χ3v) is 3.26. The molecule has 0 amide bonds. The van der Waals surface area contributed by atoms with Crippen molar-refractivity contribution in [2.75, 3.05) is 18.1 Å². The van der Waals surface area contributed by atoms with Gasteiger partial charge in [0.2, 0.25) is 0 Å². The molecule has 0 spiro atoms. The van der Waals surface area contributed by atoms with Crippen LogP contribution in [0.15, 0.2) is 5.16 Å². The van der Waals surface area contributed by atoms with Crippen LogP contribution in [-0.4, -0.2) is 35.1 Å². The van der Waals surface area contributed by atoms with Gasteiger partial charge in [-0.2, -0.15) is 11.8 Å². The molecule has 1 saturated heterocycles. The van der Waals surface area contributed by atoms with Gasteiger partial charge in [0.25, 0.3) is 0 Å². The van der Waals surface area contributed by atoms with E-state index in [9.17, 15) is 0 Å². The summed E-state index contributed by atoms with van der Waals surface area (Å²) in [6.45, 7) is 0.960. The Labute approximate surface area is 82.9 Å². The maximum atomic E-state index is 8.28. The van der Waals surface area contributed by atoms with Crippen LogP contribution in [0.2, 0.25) is 0 Å². The molecule has 76 valence electrons. The monoisotopic (exact) mass is 203 g/mol. The summed E-state index contributed by atoms with van der Waals surface area (Å²) in [5, 5.41) is 14.7. The molecule has 0 aliphatic carbocycles. The van der Waals surface area contributed by atoms with Gasteiger partial charge in [-0.05, 0) is 25.1 Å². The number of nitrogens with zero attached hydrogens (tertiary/aromatic N) is 1. The van der Waals surface area contributed by atoms with E-state index in [1.165, 1.54) is 17.9 Å². The number of hydrogen-bond donors (Lipinski definition) is 3. The number of rotatable bonds is 5. The fourth-order valence-electron chi connectivity index (χ4n) is 1.32. The van der Waals surface area contributed by atoms with Crippen molar-refractivity contribution in [1.29, 1.82) is 0 Å². The lowest BCUT2D eigenvalue weighted by Gasteiger charge is -2.09. The Kier molecular flexibility index (Phi) is 5.00. The second kappa shape index (κ2) is 6.10. The van der Waals surface area contributed by atoms with Crippen molar-refractivity contribution >= 4 is 17.6 Å². The van der Waals surface area contributed by atoms with E-state index >= 15 is 0 Å². The van der Waals surface area contributed by atoms with E-state index in [4.69, 9.17) is 10.9 Å². The van der Waals surface area contributed by atoms with E-state index in [1.807, 2.05) is 11.8 Å². The van der Waals surface area contributed by atoms with Gasteiger partial charge in [-0.3, -0.25) is 0 Å². The van der Waals surface area contributed by atoms with Crippen LogP contribution in [0.3, 0.4) is 0 Å². The van der Waals surface area contributed by atoms with Crippen LogP contribution in [0, 0.1) is 0 Å². The van der Waals surface area contributed by atoms with Gasteiger partial charge in [0, 0.05) is 18.2 Å². The molecule has 1 rings (SSSR count). The van der Waals surface area contributed by atoms with Crippen molar-refractivity contribution in [1.82, 2.24) is 5.32 Å². The Morgan fingerprint density at radius 3 is 3.15 bits per heavy atom. The van der Waals surface area contributed by atoms with Gasteiger partial charge in [-0.15, -0.1) is 0 Å². The number of amidine groups is 1. The molecule has 5 heteroatoms. The van der Waals surface area contributed by atoms with E-state index in [0.717, 1.165) is 13.0 Å². The van der Waals surface area contributed by atoms with Crippen LogP contribution in [0.5, 0.6) is 0 Å². The van der Waals surface area contributed by atoms with Gasteiger partial charge in [-0.1, -0.05) is 5.16 Å². The lowest BCUT2D eigenvalue weighted by atomic mass is 10.2. The Morgan fingerprint density at radius 2 is 2.54 bits per heavy atom. The van der Waals surface area contributed by atoms with Crippen LogP contribution in [-0.2, 0) is 0 Å². The van der Waals surface area contributed by atoms with Crippen LogP contribution in [0.4, 0.5) is 0 Å². The Balaban J connectivity index is 1.94. The van der Waals surface area contributed by atoms with Gasteiger partial charge >= 0.3 is 0 Å². The number of oxime groups is 1. The predicted molar refractivity (Wildman–Crippen MR) is 56.4 cm³/mol. The maximum absolute atomic E-state index is 8.28. The van der Waals surface area contributed by atoms with Gasteiger partial charge in [-0.25, -0.2) is 0 Å². The highest BCUT2D eigenvalue weighted by atomic mass is 32.2. The van der Waals surface area contributed by atoms with Crippen LogP contribution < -0.4 is 11.1 Å². The second-order valence-corrected chi connectivity index (χ2v) is 4.36. The molecule has 0 radical (unpaired) electrons. The molecule has 0 aromatic rings. The first-order chi connectivity index (χ1) is 6.33. The highest BCUT2D eigenvalue weighted by Gasteiger charge is 2.13. The van der Waals surface area contributed by atoms with Crippen molar-refractivity contribution in [2.45, 2.75) is 25.3 Å². The minimum Gasteiger partial charge on any atom is -0.409 e. The zero-order chi connectivity index (χ0) is 9.52. The minimum atomic E-state index is 0.322. The molecule has 0 bridgehead atoms. The summed E-state index contributed by atoms with van der Waals surface area (Å²) in [6, 6.07) is 0.678. The van der Waals surface area contributed by atoms with E-state index in [2.05, 4.69) is 10.5 Å². The van der Waals surface area contributed by atoms with Crippen molar-refractivity contribution < 1.29 is 5.21 Å². The van der Waals surface area contributed by atoms with Gasteiger partial charge in [0.05, 0.1) is 0 Å². The summed E-state index contributed by atoms with van der Waals surface area (Å²) in [5.74, 6) is 2.82. The van der Waals surface area contributed by atoms with Gasteiger partial charge < -0.3 is 16.3 Å². The first kappa shape index (κ1) is 10.7. The molecule has 1 atom stereocenters. The smallest absolute Gasteiger partial charge is 0.139 e. The van der Waals surface area contributed by atoms with Crippen LogP contribution in [0.1, 0.15) is 19.3 Å². The Hall–Kier alpha value is -0.420. The zero-order valence-electron chi connectivity index (χ0n) is 7.70. The highest BCUT2D eigenvalue weighted by molar-refractivity contribution is 7.99. The molecule has 1 aliphatic rings. The van der Waals surface area contributed by atoms with Crippen LogP contribution in [0.25, 0.3) is 0 Å². The third kappa shape index (κ3) is 4.38. The van der Waals surface area contributed by atoms with Gasteiger partial charge in [0.15, 0.2) is 0 Å². The molecule has 1 aliphatic heterocycles. The fraction of sp³-hybridized carbons (Fsp3) is 0.875. The molecule has 0 saturated carbocycles. The quantitative estimate of drug-likeness (QED) is 0.201. The molecule has 1 unspecified atom stereocenters. The van der Waals surface area contributed by atoms with Crippen molar-refractivity contribution in [3.63, 3.8) is 0 Å². The van der Waals surface area contributed by atoms with E-state index in [0.29, 0.717) is 18.3 Å². The predicted octanol–water partition coefficient (Wildman–Crippen LogP) is 0.608. The normalized spacial score (nSPS) is 23.7. The van der Waals surface area contributed by atoms with Gasteiger partial charge in [0.1, 0.15) is 5.84 Å². The van der Waals surface area contributed by atoms with E-state index in [1.54, 1.807) is 0 Å². The number of thioether (sulfide) groups is 1. The summed E-state index contributed by atoms with van der Waals surface area (Å²) in [4.78, 5) is 0. The number of nitrogens with one attached hydrogen (secondary N) is 1. The summed E-state index contributed by atoms with van der Waals surface area (Å²) < 4.78 is 0. The molecule has 13 heavy (non-hydrogen) atoms. The average molecular weight is 203 g/mol. The Bertz CT molecular complexity index is 169. The summed E-state index contributed by atoms with van der Waals surface area (Å²) >= 11 is 2.00. The molecule has 0 aromatic heterocycles. The SMILES string of the molecule is NC(CCCNC1CCSC1)=NO. The summed E-state index contributed by atoms with van der Waals surface area (Å²) in [5.41, 5.74) is 5.34. The second-order valence-electron chi connectivity index (χ2n) is 3.21. The minimum absolute atomic E-state index is 0.322. The zero-order valence-corrected chi connectivity index (χ0v) is 8.52. The first-order valence-corrected chi connectivity index (χ1v) is 5.76. The van der Waals surface area contributed by atoms with E-state index in [-0.39, 0.29) is 0 Å². The molecule has 0 aromatic carbocycles. The van der Waals surface area contributed by atoms with Crippen LogP contribution >= 0.6 is 11.8 Å². The van der Waals surface area contributed by atoms with Crippen molar-refractivity contribution in [3.05, 3.63) is 0 Å². The molecular formula is C8H17N3OS. The molecular weight excluding hydrogens is 186 g/mol. The van der Waals surface area contributed by atoms with E-state index < -0.39 is 0 Å². The number of nitrogens with two attached hydrogens (primary N) is 1. The van der Waals surface area contributed by atoms with Crippen molar-refractivity contribution in [3.8, 4) is 0 Å². The molecule has 4 N–H and O–H groups in total. The Morgan fingerprint density at radius 1 is 1.69 bits per heavy atom. The number of hydrogen-bond acceptors (Lipinski definition) is 4. The lowest BCUT2D eigenvalue weighted by Crippen LogP contribution is -2.30. The molecule has 4 nitrogen and oxygen atoms in total. The standard InChI is InChI=1S/C8H17N3OS/c9-8(11-12)2-1-4-10-7-3-5-13-6-7/h7,10,12H,1-6H2,(H2,9,11). The lowest BCUT2D eigenvalue weighted by molar-refractivity contribution is 0.316. The third-order valence-electron chi connectivity index (χ3n) is 2.10. The topological polar surface area (TPSA) is 70.6 Å². The average Bonchev–Trinajstić information content (AvgIpc) is 2.64. The largest absolute Gasteiger partial charge is 0.409 e.